The Kier molecular flexibility index (Phi) is 5.30. The van der Waals surface area contributed by atoms with Gasteiger partial charge >= 0.3 is 0 Å². The zero-order valence-electron chi connectivity index (χ0n) is 13.1. The van der Waals surface area contributed by atoms with Gasteiger partial charge in [-0.05, 0) is 56.4 Å². The highest BCUT2D eigenvalue weighted by molar-refractivity contribution is 5.53. The summed E-state index contributed by atoms with van der Waals surface area (Å²) in [5.74, 6) is 1.02. The quantitative estimate of drug-likeness (QED) is 0.894. The summed E-state index contributed by atoms with van der Waals surface area (Å²) in [4.78, 5) is 2.39. The van der Waals surface area contributed by atoms with Gasteiger partial charge in [-0.25, -0.2) is 0 Å². The number of rotatable bonds is 5. The van der Waals surface area contributed by atoms with E-state index in [0.717, 1.165) is 38.1 Å². The molecule has 2 rings (SSSR count). The van der Waals surface area contributed by atoms with E-state index < -0.39 is 0 Å². The first-order valence-electron chi connectivity index (χ1n) is 7.91. The van der Waals surface area contributed by atoms with Gasteiger partial charge in [0, 0.05) is 24.8 Å². The van der Waals surface area contributed by atoms with Gasteiger partial charge in [0.05, 0.1) is 6.10 Å². The first-order chi connectivity index (χ1) is 9.63. The Hall–Kier alpha value is -1.22. The summed E-state index contributed by atoms with van der Waals surface area (Å²) in [7, 11) is 0. The molecule has 112 valence electrons. The van der Waals surface area contributed by atoms with Crippen molar-refractivity contribution in [2.24, 2.45) is 5.73 Å². The summed E-state index contributed by atoms with van der Waals surface area (Å²) >= 11 is 0. The van der Waals surface area contributed by atoms with Gasteiger partial charge in [-0.2, -0.15) is 0 Å². The van der Waals surface area contributed by atoms with Crippen molar-refractivity contribution >= 4 is 5.69 Å². The Bertz CT molecular complexity index is 429. The van der Waals surface area contributed by atoms with Gasteiger partial charge in [-0.3, -0.25) is 0 Å². The Morgan fingerprint density at radius 2 is 2.10 bits per heavy atom. The van der Waals surface area contributed by atoms with Crippen LogP contribution in [0.1, 0.15) is 45.1 Å². The van der Waals surface area contributed by atoms with Crippen LogP contribution in [0.2, 0.25) is 0 Å². The Labute approximate surface area is 123 Å². The second kappa shape index (κ2) is 6.98. The average molecular weight is 276 g/mol. The molecule has 1 aromatic rings. The monoisotopic (exact) mass is 276 g/mol. The van der Waals surface area contributed by atoms with Gasteiger partial charge in [-0.1, -0.05) is 13.8 Å². The molecule has 1 atom stereocenters. The molecule has 20 heavy (non-hydrogen) atoms. The van der Waals surface area contributed by atoms with Crippen molar-refractivity contribution in [2.45, 2.75) is 58.6 Å². The zero-order chi connectivity index (χ0) is 14.5. The van der Waals surface area contributed by atoms with E-state index in [9.17, 15) is 0 Å². The number of hydrogen-bond donors (Lipinski definition) is 1. The predicted octanol–water partition coefficient (Wildman–Crippen LogP) is 3.49. The summed E-state index contributed by atoms with van der Waals surface area (Å²) in [6.45, 7) is 8.55. The Morgan fingerprint density at radius 3 is 2.70 bits per heavy atom. The molecule has 0 bridgehead atoms. The molecule has 1 heterocycles. The van der Waals surface area contributed by atoms with Crippen LogP contribution in [0.4, 0.5) is 5.69 Å². The highest BCUT2D eigenvalue weighted by atomic mass is 16.5. The van der Waals surface area contributed by atoms with Crippen molar-refractivity contribution < 1.29 is 4.74 Å². The SMILES string of the molecule is CCC(CC)Oc1ccc(N2CCCC(N)C2)cc1C. The normalized spacial score (nSPS) is 19.4. The van der Waals surface area contributed by atoms with Gasteiger partial charge in [0.15, 0.2) is 0 Å². The van der Waals surface area contributed by atoms with E-state index in [2.05, 4.69) is 43.9 Å². The molecule has 1 aliphatic rings. The molecule has 3 nitrogen and oxygen atoms in total. The van der Waals surface area contributed by atoms with Crippen LogP contribution in [0.5, 0.6) is 5.75 Å². The van der Waals surface area contributed by atoms with E-state index in [0.29, 0.717) is 12.1 Å². The smallest absolute Gasteiger partial charge is 0.122 e. The average Bonchev–Trinajstić information content (AvgIpc) is 2.46. The van der Waals surface area contributed by atoms with Crippen LogP contribution in [0, 0.1) is 6.92 Å². The van der Waals surface area contributed by atoms with Crippen LogP contribution in [0.25, 0.3) is 0 Å². The molecule has 0 aromatic heterocycles. The minimum atomic E-state index is 0.310. The van der Waals surface area contributed by atoms with Crippen molar-refractivity contribution in [3.05, 3.63) is 23.8 Å². The van der Waals surface area contributed by atoms with Gasteiger partial charge in [0.1, 0.15) is 5.75 Å². The van der Waals surface area contributed by atoms with Crippen LogP contribution < -0.4 is 15.4 Å². The third kappa shape index (κ3) is 3.66. The first-order valence-corrected chi connectivity index (χ1v) is 7.91. The highest BCUT2D eigenvalue weighted by Gasteiger charge is 2.17. The molecule has 1 aromatic carbocycles. The van der Waals surface area contributed by atoms with Crippen molar-refractivity contribution in [3.63, 3.8) is 0 Å². The minimum absolute atomic E-state index is 0.310. The minimum Gasteiger partial charge on any atom is -0.490 e. The number of benzene rings is 1. The van der Waals surface area contributed by atoms with E-state index in [1.807, 2.05) is 0 Å². The van der Waals surface area contributed by atoms with Crippen LogP contribution in [-0.4, -0.2) is 25.2 Å². The number of aryl methyl sites for hydroxylation is 1. The van der Waals surface area contributed by atoms with E-state index >= 15 is 0 Å². The lowest BCUT2D eigenvalue weighted by atomic mass is 10.1. The molecule has 3 heteroatoms. The van der Waals surface area contributed by atoms with Gasteiger partial charge in [0.25, 0.3) is 0 Å². The number of anilines is 1. The number of ether oxygens (including phenoxy) is 1. The molecular formula is C17H28N2O. The Morgan fingerprint density at radius 1 is 1.35 bits per heavy atom. The molecule has 1 saturated heterocycles. The standard InChI is InChI=1S/C17H28N2O/c1-4-16(5-2)20-17-9-8-15(11-13(17)3)19-10-6-7-14(18)12-19/h8-9,11,14,16H,4-7,10,12,18H2,1-3H3. The van der Waals surface area contributed by atoms with E-state index in [-0.39, 0.29) is 0 Å². The summed E-state index contributed by atoms with van der Waals surface area (Å²) in [6, 6.07) is 6.83. The highest BCUT2D eigenvalue weighted by Crippen LogP contribution is 2.27. The zero-order valence-corrected chi connectivity index (χ0v) is 13.1. The summed E-state index contributed by atoms with van der Waals surface area (Å²) < 4.78 is 6.06. The molecule has 0 radical (unpaired) electrons. The maximum absolute atomic E-state index is 6.07. The van der Waals surface area contributed by atoms with Gasteiger partial charge < -0.3 is 15.4 Å². The third-order valence-corrected chi connectivity index (χ3v) is 4.19. The number of nitrogens with two attached hydrogens (primary N) is 1. The summed E-state index contributed by atoms with van der Waals surface area (Å²) in [5, 5.41) is 0. The predicted molar refractivity (Wildman–Crippen MR) is 85.6 cm³/mol. The van der Waals surface area contributed by atoms with Crippen LogP contribution >= 0.6 is 0 Å². The van der Waals surface area contributed by atoms with Crippen LogP contribution in [0.3, 0.4) is 0 Å². The number of piperidine rings is 1. The summed E-state index contributed by atoms with van der Waals surface area (Å²) in [6.07, 6.45) is 4.76. The van der Waals surface area contributed by atoms with Crippen molar-refractivity contribution in [1.29, 1.82) is 0 Å². The molecule has 2 N–H and O–H groups in total. The molecule has 1 unspecified atom stereocenters. The number of nitrogens with zero attached hydrogens (tertiary/aromatic N) is 1. The van der Waals surface area contributed by atoms with Crippen LogP contribution in [-0.2, 0) is 0 Å². The first kappa shape index (κ1) is 15.2. The molecule has 0 saturated carbocycles. The van der Waals surface area contributed by atoms with Crippen molar-refractivity contribution in [3.8, 4) is 5.75 Å². The molecule has 1 fully saturated rings. The lowest BCUT2D eigenvalue weighted by Gasteiger charge is -2.33. The third-order valence-electron chi connectivity index (χ3n) is 4.19. The number of hydrogen-bond acceptors (Lipinski definition) is 3. The van der Waals surface area contributed by atoms with E-state index in [1.54, 1.807) is 0 Å². The van der Waals surface area contributed by atoms with Crippen LogP contribution in [0.15, 0.2) is 18.2 Å². The van der Waals surface area contributed by atoms with E-state index in [1.165, 1.54) is 17.7 Å². The fourth-order valence-corrected chi connectivity index (χ4v) is 2.84. The largest absolute Gasteiger partial charge is 0.490 e. The second-order valence-electron chi connectivity index (χ2n) is 5.85. The maximum atomic E-state index is 6.07. The van der Waals surface area contributed by atoms with Gasteiger partial charge in [0.2, 0.25) is 0 Å². The second-order valence-corrected chi connectivity index (χ2v) is 5.85. The fraction of sp³-hybridized carbons (Fsp3) is 0.647. The maximum Gasteiger partial charge on any atom is 0.122 e. The summed E-state index contributed by atoms with van der Waals surface area (Å²) in [5.41, 5.74) is 8.55. The lowest BCUT2D eigenvalue weighted by Crippen LogP contribution is -2.42. The molecular weight excluding hydrogens is 248 g/mol. The van der Waals surface area contributed by atoms with Crippen molar-refractivity contribution in [1.82, 2.24) is 0 Å². The molecule has 0 aliphatic carbocycles. The molecule has 0 spiro atoms. The Balaban J connectivity index is 2.08. The fourth-order valence-electron chi connectivity index (χ4n) is 2.84. The van der Waals surface area contributed by atoms with Gasteiger partial charge in [-0.15, -0.1) is 0 Å². The molecule has 1 aliphatic heterocycles. The van der Waals surface area contributed by atoms with E-state index in [4.69, 9.17) is 10.5 Å². The molecule has 0 amide bonds. The topological polar surface area (TPSA) is 38.5 Å². The van der Waals surface area contributed by atoms with Crippen molar-refractivity contribution in [2.75, 3.05) is 18.0 Å². The lowest BCUT2D eigenvalue weighted by molar-refractivity contribution is 0.191.